The number of carbonyl (C=O) groups excluding carboxylic acids is 1. The number of hydrogen-bond donors (Lipinski definition) is 2. The Morgan fingerprint density at radius 3 is 2.83 bits per heavy atom. The molecule has 1 rings (SSSR count). The van der Waals surface area contributed by atoms with E-state index in [1.54, 1.807) is 7.11 Å². The van der Waals surface area contributed by atoms with Crippen LogP contribution in [0.1, 0.15) is 26.2 Å². The Labute approximate surface area is 115 Å². The SMILES string of the molecule is COCCCNC(=O)C(C)NCC1CCSCC1. The average molecular weight is 274 g/mol. The Hall–Kier alpha value is -0.260. The van der Waals surface area contributed by atoms with E-state index in [2.05, 4.69) is 10.6 Å². The zero-order valence-electron chi connectivity index (χ0n) is 11.5. The number of ether oxygens (including phenoxy) is 1. The monoisotopic (exact) mass is 274 g/mol. The van der Waals surface area contributed by atoms with Crippen LogP contribution in [-0.2, 0) is 9.53 Å². The molecular weight excluding hydrogens is 248 g/mol. The van der Waals surface area contributed by atoms with Crippen LogP contribution in [0.3, 0.4) is 0 Å². The normalized spacial score (nSPS) is 18.6. The predicted octanol–water partition coefficient (Wildman–Crippen LogP) is 1.26. The third-order valence-electron chi connectivity index (χ3n) is 3.27. The zero-order chi connectivity index (χ0) is 13.2. The van der Waals surface area contributed by atoms with Crippen molar-refractivity contribution in [2.24, 2.45) is 5.92 Å². The smallest absolute Gasteiger partial charge is 0.236 e. The number of nitrogens with one attached hydrogen (secondary N) is 2. The first-order valence-corrected chi connectivity index (χ1v) is 7.97. The Balaban J connectivity index is 2.07. The van der Waals surface area contributed by atoms with Gasteiger partial charge in [0, 0.05) is 20.3 Å². The highest BCUT2D eigenvalue weighted by Gasteiger charge is 2.17. The molecule has 18 heavy (non-hydrogen) atoms. The zero-order valence-corrected chi connectivity index (χ0v) is 12.4. The van der Waals surface area contributed by atoms with Crippen molar-refractivity contribution in [3.8, 4) is 0 Å². The van der Waals surface area contributed by atoms with Crippen molar-refractivity contribution in [1.82, 2.24) is 10.6 Å². The molecule has 0 aliphatic carbocycles. The maximum atomic E-state index is 11.8. The van der Waals surface area contributed by atoms with Gasteiger partial charge in [-0.3, -0.25) is 4.79 Å². The maximum Gasteiger partial charge on any atom is 0.236 e. The van der Waals surface area contributed by atoms with Crippen LogP contribution in [0.5, 0.6) is 0 Å². The van der Waals surface area contributed by atoms with Gasteiger partial charge in [-0.25, -0.2) is 0 Å². The topological polar surface area (TPSA) is 50.4 Å². The van der Waals surface area contributed by atoms with Gasteiger partial charge in [0.25, 0.3) is 0 Å². The van der Waals surface area contributed by atoms with E-state index in [1.165, 1.54) is 24.3 Å². The van der Waals surface area contributed by atoms with Crippen LogP contribution in [0, 0.1) is 5.92 Å². The Kier molecular flexibility index (Phi) is 8.46. The minimum absolute atomic E-state index is 0.0938. The number of rotatable bonds is 8. The minimum Gasteiger partial charge on any atom is -0.385 e. The lowest BCUT2D eigenvalue weighted by Gasteiger charge is -2.23. The summed E-state index contributed by atoms with van der Waals surface area (Å²) in [4.78, 5) is 11.8. The summed E-state index contributed by atoms with van der Waals surface area (Å²) in [5.41, 5.74) is 0. The molecule has 1 atom stereocenters. The van der Waals surface area contributed by atoms with Gasteiger partial charge < -0.3 is 15.4 Å². The molecule has 1 fully saturated rings. The molecule has 0 spiro atoms. The second-order valence-corrected chi connectivity index (χ2v) is 6.05. The molecule has 1 unspecified atom stereocenters. The molecule has 1 aliphatic heterocycles. The van der Waals surface area contributed by atoms with Crippen molar-refractivity contribution >= 4 is 17.7 Å². The summed E-state index contributed by atoms with van der Waals surface area (Å²) < 4.78 is 4.94. The van der Waals surface area contributed by atoms with E-state index in [0.717, 1.165) is 18.9 Å². The van der Waals surface area contributed by atoms with Crippen LogP contribution in [0.2, 0.25) is 0 Å². The van der Waals surface area contributed by atoms with E-state index < -0.39 is 0 Å². The molecule has 0 saturated carbocycles. The third kappa shape index (κ3) is 6.61. The van der Waals surface area contributed by atoms with Crippen molar-refractivity contribution in [3.05, 3.63) is 0 Å². The van der Waals surface area contributed by atoms with Gasteiger partial charge in [-0.2, -0.15) is 11.8 Å². The van der Waals surface area contributed by atoms with Crippen LogP contribution in [0.4, 0.5) is 0 Å². The minimum atomic E-state index is -0.0953. The second kappa shape index (κ2) is 9.64. The van der Waals surface area contributed by atoms with Crippen molar-refractivity contribution in [2.75, 3.05) is 38.3 Å². The molecule has 106 valence electrons. The number of carbonyl (C=O) groups is 1. The highest BCUT2D eigenvalue weighted by Crippen LogP contribution is 2.21. The molecule has 0 aromatic carbocycles. The number of hydrogen-bond acceptors (Lipinski definition) is 4. The Morgan fingerprint density at radius 2 is 2.17 bits per heavy atom. The third-order valence-corrected chi connectivity index (χ3v) is 4.32. The van der Waals surface area contributed by atoms with Crippen molar-refractivity contribution in [2.45, 2.75) is 32.2 Å². The molecule has 1 saturated heterocycles. The molecular formula is C13H26N2O2S. The Bertz CT molecular complexity index is 233. The second-order valence-electron chi connectivity index (χ2n) is 4.82. The van der Waals surface area contributed by atoms with Gasteiger partial charge in [0.15, 0.2) is 0 Å². The summed E-state index contributed by atoms with van der Waals surface area (Å²) in [7, 11) is 1.68. The summed E-state index contributed by atoms with van der Waals surface area (Å²) in [5, 5.41) is 6.26. The van der Waals surface area contributed by atoms with Crippen LogP contribution in [0.25, 0.3) is 0 Å². The van der Waals surface area contributed by atoms with Crippen molar-refractivity contribution in [3.63, 3.8) is 0 Å². The van der Waals surface area contributed by atoms with Gasteiger partial charge >= 0.3 is 0 Å². The maximum absolute atomic E-state index is 11.8. The molecule has 5 heteroatoms. The van der Waals surface area contributed by atoms with Crippen LogP contribution >= 0.6 is 11.8 Å². The van der Waals surface area contributed by atoms with Crippen molar-refractivity contribution in [1.29, 1.82) is 0 Å². The quantitative estimate of drug-likeness (QED) is 0.654. The summed E-state index contributed by atoms with van der Waals surface area (Å²) in [6.45, 7) is 4.29. The van der Waals surface area contributed by atoms with Gasteiger partial charge in [-0.1, -0.05) is 0 Å². The summed E-state index contributed by atoms with van der Waals surface area (Å²) in [6, 6.07) is -0.0953. The van der Waals surface area contributed by atoms with E-state index in [9.17, 15) is 4.79 Å². The highest BCUT2D eigenvalue weighted by atomic mass is 32.2. The molecule has 1 aliphatic rings. The molecule has 0 bridgehead atoms. The van der Waals surface area contributed by atoms with Gasteiger partial charge in [-0.15, -0.1) is 0 Å². The lowest BCUT2D eigenvalue weighted by atomic mass is 10.0. The van der Waals surface area contributed by atoms with Crippen LogP contribution in [-0.4, -0.2) is 50.3 Å². The van der Waals surface area contributed by atoms with Gasteiger partial charge in [-0.05, 0) is 50.2 Å². The molecule has 1 amide bonds. The lowest BCUT2D eigenvalue weighted by molar-refractivity contribution is -0.122. The Morgan fingerprint density at radius 1 is 1.44 bits per heavy atom. The number of thioether (sulfide) groups is 1. The van der Waals surface area contributed by atoms with Crippen LogP contribution < -0.4 is 10.6 Å². The van der Waals surface area contributed by atoms with E-state index in [1.807, 2.05) is 18.7 Å². The van der Waals surface area contributed by atoms with Gasteiger partial charge in [0.1, 0.15) is 0 Å². The van der Waals surface area contributed by atoms with Gasteiger partial charge in [0.2, 0.25) is 5.91 Å². The largest absolute Gasteiger partial charge is 0.385 e. The fourth-order valence-corrected chi connectivity index (χ4v) is 3.17. The summed E-state index contributed by atoms with van der Waals surface area (Å²) >= 11 is 2.04. The fourth-order valence-electron chi connectivity index (χ4n) is 1.97. The number of methoxy groups -OCH3 is 1. The molecule has 0 aromatic rings. The molecule has 0 aromatic heterocycles. The molecule has 2 N–H and O–H groups in total. The first-order valence-electron chi connectivity index (χ1n) is 6.81. The van der Waals surface area contributed by atoms with Crippen LogP contribution in [0.15, 0.2) is 0 Å². The number of amides is 1. The first kappa shape index (κ1) is 15.8. The van der Waals surface area contributed by atoms with Crippen molar-refractivity contribution < 1.29 is 9.53 Å². The average Bonchev–Trinajstić information content (AvgIpc) is 2.42. The van der Waals surface area contributed by atoms with Gasteiger partial charge in [0.05, 0.1) is 6.04 Å². The van der Waals surface area contributed by atoms with E-state index in [0.29, 0.717) is 13.2 Å². The molecule has 1 heterocycles. The standard InChI is InChI=1S/C13H26N2O2S/c1-11(13(16)14-6-3-7-17-2)15-10-12-4-8-18-9-5-12/h11-12,15H,3-10H2,1-2H3,(H,14,16). The highest BCUT2D eigenvalue weighted by molar-refractivity contribution is 7.99. The molecule has 4 nitrogen and oxygen atoms in total. The van der Waals surface area contributed by atoms with E-state index in [-0.39, 0.29) is 11.9 Å². The first-order chi connectivity index (χ1) is 8.74. The summed E-state index contributed by atoms with van der Waals surface area (Å²) in [5.74, 6) is 3.37. The fraction of sp³-hybridized carbons (Fsp3) is 0.923. The van der Waals surface area contributed by atoms with E-state index in [4.69, 9.17) is 4.74 Å². The summed E-state index contributed by atoms with van der Waals surface area (Å²) in [6.07, 6.45) is 3.43. The van der Waals surface area contributed by atoms with E-state index >= 15 is 0 Å². The molecule has 0 radical (unpaired) electrons. The lowest BCUT2D eigenvalue weighted by Crippen LogP contribution is -2.44. The predicted molar refractivity (Wildman–Crippen MR) is 77.0 cm³/mol.